The molecule has 1 N–H and O–H groups in total. The Morgan fingerprint density at radius 2 is 1.94 bits per heavy atom. The molecule has 7 heteroatoms. The highest BCUT2D eigenvalue weighted by molar-refractivity contribution is 14.1. The zero-order valence-electron chi connectivity index (χ0n) is 9.14. The van der Waals surface area contributed by atoms with Gasteiger partial charge in [-0.25, -0.2) is 8.42 Å². The standard InChI is InChI=1S/C10H12INO4S/c1-16-10(13)6-7-17(14,15)12-9-4-2-8(11)3-5-9/h2-5,12H,6-7H2,1H3. The molecule has 0 heterocycles. The third kappa shape index (κ3) is 5.35. The summed E-state index contributed by atoms with van der Waals surface area (Å²) < 4.78 is 30.9. The van der Waals surface area contributed by atoms with Crippen LogP contribution in [0.3, 0.4) is 0 Å². The van der Waals surface area contributed by atoms with Gasteiger partial charge in [-0.15, -0.1) is 0 Å². The van der Waals surface area contributed by atoms with E-state index in [-0.39, 0.29) is 12.2 Å². The number of halogens is 1. The first-order valence-electron chi connectivity index (χ1n) is 4.76. The fourth-order valence-corrected chi connectivity index (χ4v) is 2.46. The molecule has 0 radical (unpaired) electrons. The van der Waals surface area contributed by atoms with Crippen molar-refractivity contribution in [3.05, 3.63) is 27.8 Å². The number of hydrogen-bond acceptors (Lipinski definition) is 4. The molecular weight excluding hydrogens is 357 g/mol. The highest BCUT2D eigenvalue weighted by Gasteiger charge is 2.13. The van der Waals surface area contributed by atoms with E-state index in [1.807, 2.05) is 0 Å². The monoisotopic (exact) mass is 369 g/mol. The fraction of sp³-hybridized carbons (Fsp3) is 0.300. The van der Waals surface area contributed by atoms with E-state index in [4.69, 9.17) is 0 Å². The van der Waals surface area contributed by atoms with Crippen LogP contribution in [0.5, 0.6) is 0 Å². The first kappa shape index (κ1) is 14.2. The summed E-state index contributed by atoms with van der Waals surface area (Å²) in [6.45, 7) is 0. The minimum atomic E-state index is -3.51. The molecule has 0 amide bonds. The van der Waals surface area contributed by atoms with Crippen LogP contribution in [0.1, 0.15) is 6.42 Å². The predicted octanol–water partition coefficient (Wildman–Crippen LogP) is 1.60. The lowest BCUT2D eigenvalue weighted by molar-refractivity contribution is -0.140. The van der Waals surface area contributed by atoms with Gasteiger partial charge in [-0.2, -0.15) is 0 Å². The van der Waals surface area contributed by atoms with Crippen molar-refractivity contribution >= 4 is 44.3 Å². The Balaban J connectivity index is 2.60. The summed E-state index contributed by atoms with van der Waals surface area (Å²) >= 11 is 2.13. The van der Waals surface area contributed by atoms with E-state index >= 15 is 0 Å². The van der Waals surface area contributed by atoms with Crippen molar-refractivity contribution in [2.45, 2.75) is 6.42 Å². The molecule has 0 saturated carbocycles. The van der Waals surface area contributed by atoms with Crippen LogP contribution in [-0.4, -0.2) is 27.2 Å². The van der Waals surface area contributed by atoms with Crippen molar-refractivity contribution in [2.24, 2.45) is 0 Å². The average molecular weight is 369 g/mol. The van der Waals surface area contributed by atoms with Crippen LogP contribution in [0.25, 0.3) is 0 Å². The lowest BCUT2D eigenvalue weighted by atomic mass is 10.3. The number of ether oxygens (including phenoxy) is 1. The Hall–Kier alpha value is -0.830. The zero-order valence-corrected chi connectivity index (χ0v) is 12.1. The second-order valence-corrected chi connectivity index (χ2v) is 6.34. The Bertz CT molecular complexity index is 484. The maximum absolute atomic E-state index is 11.6. The number of carbonyl (C=O) groups excluding carboxylic acids is 1. The van der Waals surface area contributed by atoms with E-state index in [1.54, 1.807) is 24.3 Å². The van der Waals surface area contributed by atoms with Gasteiger partial charge in [-0.1, -0.05) is 0 Å². The van der Waals surface area contributed by atoms with Gasteiger partial charge >= 0.3 is 5.97 Å². The van der Waals surface area contributed by atoms with Crippen LogP contribution in [0.4, 0.5) is 5.69 Å². The molecular formula is C10H12INO4S. The molecule has 0 atom stereocenters. The van der Waals surface area contributed by atoms with Crippen LogP contribution >= 0.6 is 22.6 Å². The van der Waals surface area contributed by atoms with E-state index in [9.17, 15) is 13.2 Å². The molecule has 0 aliphatic rings. The van der Waals surface area contributed by atoms with Crippen LogP contribution in [0.15, 0.2) is 24.3 Å². The SMILES string of the molecule is COC(=O)CCS(=O)(=O)Nc1ccc(I)cc1. The van der Waals surface area contributed by atoms with Gasteiger partial charge < -0.3 is 4.74 Å². The minimum absolute atomic E-state index is 0.157. The van der Waals surface area contributed by atoms with Gasteiger partial charge in [0.15, 0.2) is 0 Å². The summed E-state index contributed by atoms with van der Waals surface area (Å²) in [6.07, 6.45) is -0.157. The smallest absolute Gasteiger partial charge is 0.306 e. The largest absolute Gasteiger partial charge is 0.469 e. The molecule has 5 nitrogen and oxygen atoms in total. The van der Waals surface area contributed by atoms with Crippen molar-refractivity contribution in [1.29, 1.82) is 0 Å². The topological polar surface area (TPSA) is 72.5 Å². The maximum Gasteiger partial charge on any atom is 0.306 e. The molecule has 1 aromatic rings. The molecule has 0 saturated heterocycles. The third-order valence-electron chi connectivity index (χ3n) is 1.92. The number of anilines is 1. The number of esters is 1. The number of carbonyl (C=O) groups is 1. The van der Waals surface area contributed by atoms with Gasteiger partial charge in [0, 0.05) is 9.26 Å². The van der Waals surface area contributed by atoms with E-state index < -0.39 is 16.0 Å². The van der Waals surface area contributed by atoms with E-state index in [0.717, 1.165) is 3.57 Å². The first-order chi connectivity index (χ1) is 7.93. The van der Waals surface area contributed by atoms with Gasteiger partial charge in [0.2, 0.25) is 10.0 Å². The molecule has 94 valence electrons. The van der Waals surface area contributed by atoms with Gasteiger partial charge in [0.1, 0.15) is 0 Å². The molecule has 1 aromatic carbocycles. The molecule has 1 rings (SSSR count). The van der Waals surface area contributed by atoms with Gasteiger partial charge in [-0.05, 0) is 46.9 Å². The summed E-state index contributed by atoms with van der Waals surface area (Å²) in [6, 6.07) is 6.91. The molecule has 17 heavy (non-hydrogen) atoms. The van der Waals surface area contributed by atoms with Crippen molar-refractivity contribution in [2.75, 3.05) is 17.6 Å². The van der Waals surface area contributed by atoms with Gasteiger partial charge in [0.05, 0.1) is 19.3 Å². The number of benzene rings is 1. The Labute approximate surface area is 114 Å². The third-order valence-corrected chi connectivity index (χ3v) is 3.93. The van der Waals surface area contributed by atoms with Crippen molar-refractivity contribution in [1.82, 2.24) is 0 Å². The molecule has 0 spiro atoms. The van der Waals surface area contributed by atoms with Crippen molar-refractivity contribution in [3.63, 3.8) is 0 Å². The molecule has 0 fully saturated rings. The predicted molar refractivity (Wildman–Crippen MR) is 73.2 cm³/mol. The van der Waals surface area contributed by atoms with E-state index in [2.05, 4.69) is 32.0 Å². The number of rotatable bonds is 5. The number of hydrogen-bond donors (Lipinski definition) is 1. The molecule has 0 aromatic heterocycles. The lowest BCUT2D eigenvalue weighted by Crippen LogP contribution is -2.19. The highest BCUT2D eigenvalue weighted by Crippen LogP contribution is 2.13. The van der Waals surface area contributed by atoms with Crippen LogP contribution in [0.2, 0.25) is 0 Å². The minimum Gasteiger partial charge on any atom is -0.469 e. The summed E-state index contributed by atoms with van der Waals surface area (Å²) in [4.78, 5) is 10.8. The number of sulfonamides is 1. The quantitative estimate of drug-likeness (QED) is 0.632. The summed E-state index contributed by atoms with van der Waals surface area (Å²) in [5.74, 6) is -0.830. The van der Waals surface area contributed by atoms with Gasteiger partial charge in [-0.3, -0.25) is 9.52 Å². The van der Waals surface area contributed by atoms with Crippen LogP contribution in [0, 0.1) is 3.57 Å². The second-order valence-electron chi connectivity index (χ2n) is 3.25. The van der Waals surface area contributed by atoms with Crippen LogP contribution < -0.4 is 4.72 Å². The van der Waals surface area contributed by atoms with Crippen molar-refractivity contribution < 1.29 is 17.9 Å². The fourth-order valence-electron chi connectivity index (χ4n) is 1.07. The van der Waals surface area contributed by atoms with E-state index in [0.29, 0.717) is 5.69 Å². The molecule has 0 unspecified atom stereocenters. The Kier molecular flexibility index (Phi) is 5.19. The van der Waals surface area contributed by atoms with Crippen LogP contribution in [-0.2, 0) is 19.6 Å². The van der Waals surface area contributed by atoms with E-state index in [1.165, 1.54) is 7.11 Å². The Morgan fingerprint density at radius 3 is 2.47 bits per heavy atom. The molecule has 0 aliphatic heterocycles. The summed E-state index contributed by atoms with van der Waals surface area (Å²) in [5, 5.41) is 0. The normalized spacial score (nSPS) is 10.9. The number of methoxy groups -OCH3 is 1. The summed E-state index contributed by atoms with van der Waals surface area (Å²) in [7, 11) is -2.28. The number of nitrogens with one attached hydrogen (secondary N) is 1. The second kappa shape index (κ2) is 6.20. The zero-order chi connectivity index (χ0) is 12.9. The maximum atomic E-state index is 11.6. The van der Waals surface area contributed by atoms with Gasteiger partial charge in [0.25, 0.3) is 0 Å². The Morgan fingerprint density at radius 1 is 1.35 bits per heavy atom. The highest BCUT2D eigenvalue weighted by atomic mass is 127. The average Bonchev–Trinajstić information content (AvgIpc) is 2.29. The molecule has 0 aliphatic carbocycles. The lowest BCUT2D eigenvalue weighted by Gasteiger charge is -2.07. The molecule has 0 bridgehead atoms. The summed E-state index contributed by atoms with van der Waals surface area (Å²) in [5.41, 5.74) is 0.482. The first-order valence-corrected chi connectivity index (χ1v) is 7.49. The van der Waals surface area contributed by atoms with Crippen molar-refractivity contribution in [3.8, 4) is 0 Å².